The Morgan fingerprint density at radius 2 is 1.57 bits per heavy atom. The molecule has 2 aromatic heterocycles. The van der Waals surface area contributed by atoms with E-state index in [1.165, 1.54) is 18.5 Å². The molecular weight excluding hydrogens is 323 g/mol. The van der Waals surface area contributed by atoms with Crippen LogP contribution < -0.4 is 0 Å². The van der Waals surface area contributed by atoms with Gasteiger partial charge >= 0.3 is 0 Å². The van der Waals surface area contributed by atoms with Gasteiger partial charge < -0.3 is 4.42 Å². The van der Waals surface area contributed by atoms with E-state index in [1.807, 2.05) is 0 Å². The maximum absolute atomic E-state index is 13.2. The van der Waals surface area contributed by atoms with E-state index in [0.717, 1.165) is 12.1 Å². The van der Waals surface area contributed by atoms with Crippen LogP contribution in [0, 0.1) is 11.6 Å². The van der Waals surface area contributed by atoms with E-state index in [1.54, 1.807) is 0 Å². The van der Waals surface area contributed by atoms with Crippen molar-refractivity contribution < 1.29 is 13.2 Å². The smallest absolute Gasteiger partial charge is 0.251 e. The molecule has 0 bridgehead atoms. The van der Waals surface area contributed by atoms with Crippen molar-refractivity contribution in [2.24, 2.45) is 0 Å². The van der Waals surface area contributed by atoms with Crippen molar-refractivity contribution in [3.63, 3.8) is 0 Å². The van der Waals surface area contributed by atoms with Crippen LogP contribution in [0.2, 0.25) is 10.0 Å². The molecule has 106 valence electrons. The molecule has 0 amide bonds. The van der Waals surface area contributed by atoms with Gasteiger partial charge in [0, 0.05) is 18.0 Å². The van der Waals surface area contributed by atoms with Crippen molar-refractivity contribution in [3.05, 3.63) is 52.3 Å². The van der Waals surface area contributed by atoms with E-state index >= 15 is 0 Å². The first kappa shape index (κ1) is 13.9. The first-order valence-electron chi connectivity index (χ1n) is 5.64. The zero-order chi connectivity index (χ0) is 15.0. The summed E-state index contributed by atoms with van der Waals surface area (Å²) >= 11 is 12.0. The van der Waals surface area contributed by atoms with Gasteiger partial charge in [-0.05, 0) is 18.2 Å². The minimum absolute atomic E-state index is 0.0212. The molecule has 4 nitrogen and oxygen atoms in total. The van der Waals surface area contributed by atoms with Crippen molar-refractivity contribution in [2.75, 3.05) is 0 Å². The van der Waals surface area contributed by atoms with E-state index in [2.05, 4.69) is 15.2 Å². The van der Waals surface area contributed by atoms with E-state index in [0.29, 0.717) is 5.56 Å². The third-order valence-corrected chi connectivity index (χ3v) is 3.23. The van der Waals surface area contributed by atoms with Crippen molar-refractivity contribution in [2.45, 2.75) is 0 Å². The molecule has 3 rings (SSSR count). The monoisotopic (exact) mass is 327 g/mol. The number of nitrogens with zero attached hydrogens (tertiary/aromatic N) is 3. The summed E-state index contributed by atoms with van der Waals surface area (Å²) in [5.74, 6) is -1.88. The SMILES string of the molecule is Fc1ccc(-c2nnc(-c3c(Cl)cncc3Cl)o2)cc1F. The van der Waals surface area contributed by atoms with E-state index in [4.69, 9.17) is 27.6 Å². The van der Waals surface area contributed by atoms with Crippen LogP contribution in [0.15, 0.2) is 35.0 Å². The molecule has 0 aliphatic rings. The van der Waals surface area contributed by atoms with Gasteiger partial charge in [0.05, 0.1) is 15.6 Å². The predicted molar refractivity (Wildman–Crippen MR) is 72.9 cm³/mol. The fraction of sp³-hybridized carbons (Fsp3) is 0. The van der Waals surface area contributed by atoms with Crippen LogP contribution >= 0.6 is 23.2 Å². The molecule has 0 fully saturated rings. The van der Waals surface area contributed by atoms with E-state index in [9.17, 15) is 8.78 Å². The van der Waals surface area contributed by atoms with Crippen molar-refractivity contribution in [1.82, 2.24) is 15.2 Å². The summed E-state index contributed by atoms with van der Waals surface area (Å²) in [5, 5.41) is 8.06. The van der Waals surface area contributed by atoms with Crippen LogP contribution in [-0.4, -0.2) is 15.2 Å². The normalized spacial score (nSPS) is 10.9. The molecule has 0 aliphatic heterocycles. The lowest BCUT2D eigenvalue weighted by molar-refractivity contribution is 0.508. The molecule has 0 saturated carbocycles. The molecule has 2 heterocycles. The van der Waals surface area contributed by atoms with Crippen LogP contribution in [0.5, 0.6) is 0 Å². The van der Waals surface area contributed by atoms with Crippen molar-refractivity contribution in [1.29, 1.82) is 0 Å². The third-order valence-electron chi connectivity index (χ3n) is 2.66. The zero-order valence-electron chi connectivity index (χ0n) is 10.1. The van der Waals surface area contributed by atoms with Gasteiger partial charge in [-0.3, -0.25) is 4.98 Å². The van der Waals surface area contributed by atoms with Crippen LogP contribution in [0.25, 0.3) is 22.9 Å². The van der Waals surface area contributed by atoms with Crippen LogP contribution in [0.3, 0.4) is 0 Å². The fourth-order valence-corrected chi connectivity index (χ4v) is 2.21. The molecule has 0 N–H and O–H groups in total. The number of benzene rings is 1. The number of rotatable bonds is 2. The summed E-state index contributed by atoms with van der Waals surface area (Å²) in [6.45, 7) is 0. The summed E-state index contributed by atoms with van der Waals surface area (Å²) in [5.41, 5.74) is 0.573. The van der Waals surface area contributed by atoms with E-state index < -0.39 is 11.6 Å². The maximum Gasteiger partial charge on any atom is 0.251 e. The number of hydrogen-bond donors (Lipinski definition) is 0. The summed E-state index contributed by atoms with van der Waals surface area (Å²) in [6.07, 6.45) is 2.76. The van der Waals surface area contributed by atoms with Gasteiger partial charge in [-0.1, -0.05) is 23.2 Å². The Morgan fingerprint density at radius 1 is 0.905 bits per heavy atom. The van der Waals surface area contributed by atoms with Crippen LogP contribution in [-0.2, 0) is 0 Å². The second kappa shape index (κ2) is 5.38. The summed E-state index contributed by atoms with van der Waals surface area (Å²) < 4.78 is 31.5. The average molecular weight is 328 g/mol. The van der Waals surface area contributed by atoms with Crippen molar-refractivity contribution in [3.8, 4) is 22.9 Å². The molecule has 0 unspecified atom stereocenters. The molecule has 0 atom stereocenters. The fourth-order valence-electron chi connectivity index (χ4n) is 1.69. The van der Waals surface area contributed by atoms with Gasteiger partial charge in [-0.2, -0.15) is 0 Å². The predicted octanol–water partition coefficient (Wildman–Crippen LogP) is 4.38. The average Bonchev–Trinajstić information content (AvgIpc) is 2.91. The second-order valence-corrected chi connectivity index (χ2v) is 4.83. The third kappa shape index (κ3) is 2.59. The lowest BCUT2D eigenvalue weighted by Crippen LogP contribution is -1.85. The van der Waals surface area contributed by atoms with Gasteiger partial charge in [0.1, 0.15) is 0 Å². The molecule has 0 saturated heterocycles. The summed E-state index contributed by atoms with van der Waals surface area (Å²) in [4.78, 5) is 3.81. The highest BCUT2D eigenvalue weighted by Crippen LogP contribution is 2.34. The van der Waals surface area contributed by atoms with Gasteiger partial charge in [0.2, 0.25) is 5.89 Å². The highest BCUT2D eigenvalue weighted by Gasteiger charge is 2.17. The summed E-state index contributed by atoms with van der Waals surface area (Å²) in [6, 6.07) is 3.26. The standard InChI is InChI=1S/C13H5Cl2F2N3O/c14-7-4-18-5-8(15)11(7)13-20-19-12(21-13)6-1-2-9(16)10(17)3-6/h1-5H. The van der Waals surface area contributed by atoms with E-state index in [-0.39, 0.29) is 27.4 Å². The Hall–Kier alpha value is -2.05. The maximum atomic E-state index is 13.2. The highest BCUT2D eigenvalue weighted by atomic mass is 35.5. The number of pyridine rings is 1. The number of aromatic nitrogens is 3. The zero-order valence-corrected chi connectivity index (χ0v) is 11.7. The Morgan fingerprint density at radius 3 is 2.24 bits per heavy atom. The van der Waals surface area contributed by atoms with Gasteiger partial charge in [-0.25, -0.2) is 8.78 Å². The molecule has 3 aromatic rings. The van der Waals surface area contributed by atoms with Gasteiger partial charge in [0.25, 0.3) is 5.89 Å². The lowest BCUT2D eigenvalue weighted by Gasteiger charge is -2.00. The minimum Gasteiger partial charge on any atom is -0.416 e. The minimum atomic E-state index is -1.01. The second-order valence-electron chi connectivity index (χ2n) is 4.02. The number of halogens is 4. The van der Waals surface area contributed by atoms with Gasteiger partial charge in [-0.15, -0.1) is 10.2 Å². The van der Waals surface area contributed by atoms with Gasteiger partial charge in [0.15, 0.2) is 11.6 Å². The lowest BCUT2D eigenvalue weighted by atomic mass is 10.2. The molecule has 0 aliphatic carbocycles. The topological polar surface area (TPSA) is 51.8 Å². The Bertz CT molecular complexity index is 803. The number of hydrogen-bond acceptors (Lipinski definition) is 4. The molecule has 21 heavy (non-hydrogen) atoms. The first-order valence-corrected chi connectivity index (χ1v) is 6.40. The Balaban J connectivity index is 2.06. The quantitative estimate of drug-likeness (QED) is 0.700. The van der Waals surface area contributed by atoms with Crippen molar-refractivity contribution >= 4 is 23.2 Å². The molecular formula is C13H5Cl2F2N3O. The Kier molecular flexibility index (Phi) is 3.57. The molecule has 0 spiro atoms. The molecule has 1 aromatic carbocycles. The largest absolute Gasteiger partial charge is 0.416 e. The first-order chi connectivity index (χ1) is 10.1. The van der Waals surface area contributed by atoms with Crippen LogP contribution in [0.1, 0.15) is 0 Å². The molecule has 0 radical (unpaired) electrons. The molecule has 8 heteroatoms. The highest BCUT2D eigenvalue weighted by molar-refractivity contribution is 6.38. The van der Waals surface area contributed by atoms with Crippen LogP contribution in [0.4, 0.5) is 8.78 Å². The summed E-state index contributed by atoms with van der Waals surface area (Å²) in [7, 11) is 0. The Labute approximate surface area is 127 Å².